The summed E-state index contributed by atoms with van der Waals surface area (Å²) in [6.45, 7) is 0. The van der Waals surface area contributed by atoms with Gasteiger partial charge in [-0.3, -0.25) is 4.99 Å². The number of nitrogens with zero attached hydrogens (tertiary/aromatic N) is 2. The second kappa shape index (κ2) is 7.87. The first-order valence-electron chi connectivity index (χ1n) is 8.52. The van der Waals surface area contributed by atoms with E-state index in [0.717, 1.165) is 27.7 Å². The van der Waals surface area contributed by atoms with Crippen molar-refractivity contribution in [2.24, 2.45) is 4.99 Å². The SMILES string of the molecule is COC(=O)[C@H](Cc1c[nH]c2ccccc12)N=Cc1ccc(N(C)C)cc1. The van der Waals surface area contributed by atoms with Crippen LogP contribution < -0.4 is 4.90 Å². The molecule has 5 heteroatoms. The lowest BCUT2D eigenvalue weighted by atomic mass is 10.1. The standard InChI is InChI=1S/C21H23N3O2/c1-24(2)17-10-8-15(9-11-17)13-22-20(21(25)26-3)12-16-14-23-19-7-5-4-6-18(16)19/h4-11,13-14,20,23H,12H2,1-3H3/t20-/m0/s1. The predicted molar refractivity (Wildman–Crippen MR) is 106 cm³/mol. The summed E-state index contributed by atoms with van der Waals surface area (Å²) in [5, 5.41) is 1.10. The Morgan fingerprint density at radius 3 is 2.62 bits per heavy atom. The monoisotopic (exact) mass is 349 g/mol. The minimum absolute atomic E-state index is 0.337. The van der Waals surface area contributed by atoms with E-state index in [1.54, 1.807) is 6.21 Å². The quantitative estimate of drug-likeness (QED) is 0.548. The van der Waals surface area contributed by atoms with Gasteiger partial charge in [-0.1, -0.05) is 30.3 Å². The number of fused-ring (bicyclic) bond motifs is 1. The first-order valence-corrected chi connectivity index (χ1v) is 8.52. The average molecular weight is 349 g/mol. The van der Waals surface area contributed by atoms with Crippen LogP contribution in [0.2, 0.25) is 0 Å². The second-order valence-electron chi connectivity index (χ2n) is 6.37. The van der Waals surface area contributed by atoms with Crippen LogP contribution in [-0.4, -0.2) is 44.4 Å². The average Bonchev–Trinajstić information content (AvgIpc) is 3.07. The number of hydrogen-bond acceptors (Lipinski definition) is 4. The molecule has 0 unspecified atom stereocenters. The molecular weight excluding hydrogens is 326 g/mol. The third kappa shape index (κ3) is 3.94. The van der Waals surface area contributed by atoms with Gasteiger partial charge < -0.3 is 14.6 Å². The topological polar surface area (TPSA) is 57.7 Å². The number of methoxy groups -OCH3 is 1. The largest absolute Gasteiger partial charge is 0.467 e. The summed E-state index contributed by atoms with van der Waals surface area (Å²) in [7, 11) is 5.39. The zero-order chi connectivity index (χ0) is 18.5. The number of carbonyl (C=O) groups excluding carboxylic acids is 1. The van der Waals surface area contributed by atoms with E-state index in [0.29, 0.717) is 6.42 Å². The first kappa shape index (κ1) is 17.7. The molecule has 0 saturated carbocycles. The highest BCUT2D eigenvalue weighted by Gasteiger charge is 2.19. The first-order chi connectivity index (χ1) is 12.6. The van der Waals surface area contributed by atoms with E-state index in [1.807, 2.05) is 73.7 Å². The number of aromatic amines is 1. The van der Waals surface area contributed by atoms with E-state index in [4.69, 9.17) is 4.74 Å². The molecule has 0 aliphatic heterocycles. The molecule has 26 heavy (non-hydrogen) atoms. The molecule has 0 bridgehead atoms. The second-order valence-corrected chi connectivity index (χ2v) is 6.37. The van der Waals surface area contributed by atoms with Crippen LogP contribution in [0.1, 0.15) is 11.1 Å². The van der Waals surface area contributed by atoms with Gasteiger partial charge in [0.1, 0.15) is 0 Å². The number of esters is 1. The van der Waals surface area contributed by atoms with E-state index < -0.39 is 6.04 Å². The molecule has 0 radical (unpaired) electrons. The van der Waals surface area contributed by atoms with E-state index in [-0.39, 0.29) is 5.97 Å². The van der Waals surface area contributed by atoms with Gasteiger partial charge in [-0.05, 0) is 29.3 Å². The third-order valence-corrected chi connectivity index (χ3v) is 4.37. The van der Waals surface area contributed by atoms with Crippen molar-refractivity contribution < 1.29 is 9.53 Å². The van der Waals surface area contributed by atoms with Crippen molar-refractivity contribution in [1.29, 1.82) is 0 Å². The van der Waals surface area contributed by atoms with Gasteiger partial charge in [0.05, 0.1) is 7.11 Å². The summed E-state index contributed by atoms with van der Waals surface area (Å²) in [6.07, 6.45) is 4.15. The number of ether oxygens (including phenoxy) is 1. The molecule has 0 amide bonds. The number of aliphatic imine (C=N–C) groups is 1. The van der Waals surface area contributed by atoms with Crippen LogP contribution in [0.3, 0.4) is 0 Å². The summed E-state index contributed by atoms with van der Waals surface area (Å²) < 4.78 is 4.94. The Bertz CT molecular complexity index is 910. The molecule has 5 nitrogen and oxygen atoms in total. The summed E-state index contributed by atoms with van der Waals surface area (Å²) in [6, 6.07) is 15.5. The number of H-pyrrole nitrogens is 1. The molecule has 1 N–H and O–H groups in total. The molecule has 2 aromatic carbocycles. The molecule has 0 fully saturated rings. The molecule has 0 aliphatic rings. The Balaban J connectivity index is 1.81. The van der Waals surface area contributed by atoms with Gasteiger partial charge in [-0.2, -0.15) is 0 Å². The zero-order valence-electron chi connectivity index (χ0n) is 15.3. The van der Waals surface area contributed by atoms with Crippen molar-refractivity contribution in [3.8, 4) is 0 Å². The van der Waals surface area contributed by atoms with Gasteiger partial charge in [0.2, 0.25) is 0 Å². The minimum atomic E-state index is -0.576. The maximum absolute atomic E-state index is 12.2. The number of aromatic nitrogens is 1. The van der Waals surface area contributed by atoms with Crippen LogP contribution in [-0.2, 0) is 16.0 Å². The summed E-state index contributed by atoms with van der Waals surface area (Å²) >= 11 is 0. The Morgan fingerprint density at radius 2 is 1.92 bits per heavy atom. The van der Waals surface area contributed by atoms with Crippen molar-refractivity contribution in [2.45, 2.75) is 12.5 Å². The van der Waals surface area contributed by atoms with E-state index in [1.165, 1.54) is 7.11 Å². The van der Waals surface area contributed by atoms with Crippen molar-refractivity contribution >= 4 is 28.8 Å². The fourth-order valence-corrected chi connectivity index (χ4v) is 2.88. The lowest BCUT2D eigenvalue weighted by Gasteiger charge is -2.12. The van der Waals surface area contributed by atoms with Crippen molar-refractivity contribution in [3.63, 3.8) is 0 Å². The van der Waals surface area contributed by atoms with E-state index in [2.05, 4.69) is 9.98 Å². The molecular formula is C21H23N3O2. The maximum atomic E-state index is 12.2. The van der Waals surface area contributed by atoms with Crippen LogP contribution in [0.15, 0.2) is 59.7 Å². The Kier molecular flexibility index (Phi) is 5.37. The van der Waals surface area contributed by atoms with Crippen LogP contribution in [0.4, 0.5) is 5.69 Å². The molecule has 0 aliphatic carbocycles. The van der Waals surface area contributed by atoms with Gasteiger partial charge in [-0.15, -0.1) is 0 Å². The van der Waals surface area contributed by atoms with Crippen LogP contribution in [0.25, 0.3) is 10.9 Å². The lowest BCUT2D eigenvalue weighted by molar-refractivity contribution is -0.142. The summed E-state index contributed by atoms with van der Waals surface area (Å²) in [5.74, 6) is -0.337. The predicted octanol–water partition coefficient (Wildman–Crippen LogP) is 3.44. The Labute approximate surface area is 153 Å². The van der Waals surface area contributed by atoms with Crippen molar-refractivity contribution in [1.82, 2.24) is 4.98 Å². The Morgan fingerprint density at radius 1 is 1.19 bits per heavy atom. The smallest absolute Gasteiger partial charge is 0.330 e. The molecule has 134 valence electrons. The fraction of sp³-hybridized carbons (Fsp3) is 0.238. The molecule has 1 aromatic heterocycles. The molecule has 3 aromatic rings. The number of anilines is 1. The third-order valence-electron chi connectivity index (χ3n) is 4.37. The normalized spacial score (nSPS) is 12.4. The number of benzene rings is 2. The molecule has 0 spiro atoms. The number of carbonyl (C=O) groups is 1. The summed E-state index contributed by atoms with van der Waals surface area (Å²) in [4.78, 5) is 21.9. The van der Waals surface area contributed by atoms with Gasteiger partial charge in [0.15, 0.2) is 6.04 Å². The maximum Gasteiger partial charge on any atom is 0.330 e. The van der Waals surface area contributed by atoms with Crippen molar-refractivity contribution in [2.75, 3.05) is 26.1 Å². The van der Waals surface area contributed by atoms with Crippen LogP contribution in [0, 0.1) is 0 Å². The van der Waals surface area contributed by atoms with Crippen molar-refractivity contribution in [3.05, 3.63) is 65.9 Å². The Hall–Kier alpha value is -3.08. The van der Waals surface area contributed by atoms with E-state index in [9.17, 15) is 4.79 Å². The molecule has 1 heterocycles. The summed E-state index contributed by atoms with van der Waals surface area (Å²) in [5.41, 5.74) is 4.17. The molecule has 0 saturated heterocycles. The van der Waals surface area contributed by atoms with E-state index >= 15 is 0 Å². The molecule has 3 rings (SSSR count). The number of hydrogen-bond donors (Lipinski definition) is 1. The highest BCUT2D eigenvalue weighted by molar-refractivity contribution is 5.87. The van der Waals surface area contributed by atoms with Crippen LogP contribution in [0.5, 0.6) is 0 Å². The minimum Gasteiger partial charge on any atom is -0.467 e. The fourth-order valence-electron chi connectivity index (χ4n) is 2.88. The highest BCUT2D eigenvalue weighted by atomic mass is 16.5. The van der Waals surface area contributed by atoms with Gasteiger partial charge >= 0.3 is 5.97 Å². The number of nitrogens with one attached hydrogen (secondary N) is 1. The van der Waals surface area contributed by atoms with Gasteiger partial charge in [0.25, 0.3) is 0 Å². The lowest BCUT2D eigenvalue weighted by Crippen LogP contribution is -2.23. The van der Waals surface area contributed by atoms with Gasteiger partial charge in [0, 0.05) is 49.5 Å². The zero-order valence-corrected chi connectivity index (χ0v) is 15.3. The highest BCUT2D eigenvalue weighted by Crippen LogP contribution is 2.20. The molecule has 1 atom stereocenters. The van der Waals surface area contributed by atoms with Gasteiger partial charge in [-0.25, -0.2) is 4.79 Å². The number of para-hydroxylation sites is 1. The number of rotatable bonds is 6. The van der Waals surface area contributed by atoms with Crippen LogP contribution >= 0.6 is 0 Å².